The first-order valence-electron chi connectivity index (χ1n) is 5.24. The molecule has 0 bridgehead atoms. The average molecular weight is 273 g/mol. The second kappa shape index (κ2) is 4.54. The van der Waals surface area contributed by atoms with Gasteiger partial charge >= 0.3 is 0 Å². The van der Waals surface area contributed by atoms with E-state index in [0.717, 1.165) is 10.4 Å². The highest BCUT2D eigenvalue weighted by Crippen LogP contribution is 2.25. The number of anilines is 1. The molecule has 98 valence electrons. The van der Waals surface area contributed by atoms with Gasteiger partial charge in [0, 0.05) is 13.1 Å². The Morgan fingerprint density at radius 3 is 2.72 bits per heavy atom. The summed E-state index contributed by atoms with van der Waals surface area (Å²) in [5.41, 5.74) is 5.34. The molecule has 8 heteroatoms. The number of sulfonamides is 1. The predicted molar refractivity (Wildman–Crippen MR) is 62.6 cm³/mol. The van der Waals surface area contributed by atoms with Crippen molar-refractivity contribution < 1.29 is 17.6 Å². The van der Waals surface area contributed by atoms with E-state index in [1.165, 1.54) is 12.1 Å². The average Bonchev–Trinajstić information content (AvgIpc) is 2.28. The monoisotopic (exact) mass is 273 g/mol. The Morgan fingerprint density at radius 2 is 2.11 bits per heavy atom. The van der Waals surface area contributed by atoms with Gasteiger partial charge in [-0.15, -0.1) is 0 Å². The molecular weight excluding hydrogens is 261 g/mol. The Hall–Kier alpha value is -1.67. The third kappa shape index (κ3) is 2.16. The van der Waals surface area contributed by atoms with Crippen LogP contribution >= 0.6 is 0 Å². The summed E-state index contributed by atoms with van der Waals surface area (Å²) >= 11 is 0. The van der Waals surface area contributed by atoms with Gasteiger partial charge in [-0.05, 0) is 12.1 Å². The summed E-state index contributed by atoms with van der Waals surface area (Å²) in [5, 5.41) is 2.49. The van der Waals surface area contributed by atoms with Crippen LogP contribution in [0, 0.1) is 5.82 Å². The lowest BCUT2D eigenvalue weighted by Crippen LogP contribution is -2.50. The first-order valence-corrected chi connectivity index (χ1v) is 6.68. The van der Waals surface area contributed by atoms with E-state index in [1.807, 2.05) is 0 Å². The van der Waals surface area contributed by atoms with Crippen molar-refractivity contribution >= 4 is 21.6 Å². The van der Waals surface area contributed by atoms with Crippen LogP contribution in [0.5, 0.6) is 0 Å². The lowest BCUT2D eigenvalue weighted by atomic mass is 10.3. The van der Waals surface area contributed by atoms with Gasteiger partial charge in [-0.2, -0.15) is 4.31 Å². The van der Waals surface area contributed by atoms with Gasteiger partial charge in [-0.25, -0.2) is 12.8 Å². The molecule has 18 heavy (non-hydrogen) atoms. The number of rotatable bonds is 2. The maximum absolute atomic E-state index is 13.6. The minimum Gasteiger partial charge on any atom is -0.398 e. The van der Waals surface area contributed by atoms with Gasteiger partial charge in [-0.1, -0.05) is 6.07 Å². The van der Waals surface area contributed by atoms with Crippen molar-refractivity contribution in [1.82, 2.24) is 9.62 Å². The molecule has 1 aliphatic heterocycles. The molecule has 0 spiro atoms. The second-order valence-electron chi connectivity index (χ2n) is 3.85. The number of nitrogens with one attached hydrogen (secondary N) is 1. The fourth-order valence-corrected chi connectivity index (χ4v) is 3.30. The van der Waals surface area contributed by atoms with Crippen molar-refractivity contribution in [2.45, 2.75) is 4.90 Å². The second-order valence-corrected chi connectivity index (χ2v) is 5.72. The third-order valence-electron chi connectivity index (χ3n) is 2.60. The molecule has 1 saturated heterocycles. The third-order valence-corrected chi connectivity index (χ3v) is 4.54. The lowest BCUT2D eigenvalue weighted by Gasteiger charge is -2.26. The first-order chi connectivity index (χ1) is 8.43. The molecule has 1 heterocycles. The number of hydrogen-bond donors (Lipinski definition) is 2. The predicted octanol–water partition coefficient (Wildman–Crippen LogP) is -0.472. The van der Waals surface area contributed by atoms with Crippen molar-refractivity contribution in [1.29, 1.82) is 0 Å². The summed E-state index contributed by atoms with van der Waals surface area (Å²) < 4.78 is 38.9. The van der Waals surface area contributed by atoms with E-state index < -0.39 is 26.6 Å². The Balaban J connectivity index is 2.45. The zero-order valence-electron chi connectivity index (χ0n) is 9.39. The quantitative estimate of drug-likeness (QED) is 0.712. The molecule has 0 atom stereocenters. The molecule has 1 fully saturated rings. The number of carbonyl (C=O) groups excluding carboxylic acids is 1. The number of amides is 1. The minimum atomic E-state index is -4.08. The molecule has 3 N–H and O–H groups in total. The molecule has 0 radical (unpaired) electrons. The van der Waals surface area contributed by atoms with Gasteiger partial charge in [0.25, 0.3) is 0 Å². The summed E-state index contributed by atoms with van der Waals surface area (Å²) in [6, 6.07) is 3.65. The van der Waals surface area contributed by atoms with Crippen molar-refractivity contribution in [3.63, 3.8) is 0 Å². The number of hydrogen-bond acceptors (Lipinski definition) is 4. The highest BCUT2D eigenvalue weighted by molar-refractivity contribution is 7.89. The Bertz CT molecular complexity index is 568. The van der Waals surface area contributed by atoms with E-state index in [4.69, 9.17) is 5.73 Å². The number of carbonyl (C=O) groups is 1. The fourth-order valence-electron chi connectivity index (χ4n) is 1.75. The largest absolute Gasteiger partial charge is 0.398 e. The minimum absolute atomic E-state index is 0.0991. The lowest BCUT2D eigenvalue weighted by molar-refractivity contribution is -0.122. The van der Waals surface area contributed by atoms with Gasteiger partial charge in [0.2, 0.25) is 15.9 Å². The molecular formula is C10H12FN3O3S. The molecule has 1 amide bonds. The van der Waals surface area contributed by atoms with Crippen LogP contribution in [-0.4, -0.2) is 38.3 Å². The fraction of sp³-hybridized carbons (Fsp3) is 0.300. The zero-order valence-corrected chi connectivity index (χ0v) is 10.2. The van der Waals surface area contributed by atoms with Crippen LogP contribution in [0.25, 0.3) is 0 Å². The van der Waals surface area contributed by atoms with Gasteiger partial charge < -0.3 is 11.1 Å². The standard InChI is InChI=1S/C10H12FN3O3S/c11-7-2-1-3-8(12)10(7)18(16,17)14-5-4-13-9(15)6-14/h1-3H,4-6,12H2,(H,13,15). The van der Waals surface area contributed by atoms with Crippen molar-refractivity contribution in [3.05, 3.63) is 24.0 Å². The van der Waals surface area contributed by atoms with Gasteiger partial charge in [-0.3, -0.25) is 4.79 Å². The number of piperazine rings is 1. The SMILES string of the molecule is Nc1cccc(F)c1S(=O)(=O)N1CCNC(=O)C1. The van der Waals surface area contributed by atoms with E-state index in [0.29, 0.717) is 0 Å². The Morgan fingerprint density at radius 1 is 1.39 bits per heavy atom. The van der Waals surface area contributed by atoms with Gasteiger partial charge in [0.05, 0.1) is 12.2 Å². The molecule has 0 aromatic heterocycles. The van der Waals surface area contributed by atoms with Crippen LogP contribution in [0.15, 0.2) is 23.1 Å². The number of halogens is 1. The topological polar surface area (TPSA) is 92.5 Å². The number of nitrogens with zero attached hydrogens (tertiary/aromatic N) is 1. The maximum atomic E-state index is 13.6. The molecule has 0 saturated carbocycles. The number of benzene rings is 1. The summed E-state index contributed by atoms with van der Waals surface area (Å²) in [4.78, 5) is 10.6. The van der Waals surface area contributed by atoms with Crippen molar-refractivity contribution in [2.24, 2.45) is 0 Å². The van der Waals surface area contributed by atoms with Crippen molar-refractivity contribution in [3.8, 4) is 0 Å². The van der Waals surface area contributed by atoms with Crippen LogP contribution in [0.1, 0.15) is 0 Å². The van der Waals surface area contributed by atoms with Crippen LogP contribution in [-0.2, 0) is 14.8 Å². The Labute approximate surface area is 104 Å². The zero-order chi connectivity index (χ0) is 13.3. The molecule has 1 aromatic carbocycles. The van der Waals surface area contributed by atoms with Gasteiger partial charge in [0.15, 0.2) is 0 Å². The van der Waals surface area contributed by atoms with E-state index >= 15 is 0 Å². The molecule has 0 unspecified atom stereocenters. The van der Waals surface area contributed by atoms with E-state index in [9.17, 15) is 17.6 Å². The van der Waals surface area contributed by atoms with Crippen LogP contribution in [0.3, 0.4) is 0 Å². The number of nitrogens with two attached hydrogens (primary N) is 1. The van der Waals surface area contributed by atoms with E-state index in [1.54, 1.807) is 0 Å². The molecule has 2 rings (SSSR count). The normalized spacial score (nSPS) is 17.5. The molecule has 0 aliphatic carbocycles. The van der Waals surface area contributed by atoms with E-state index in [2.05, 4.69) is 5.32 Å². The molecule has 1 aliphatic rings. The molecule has 6 nitrogen and oxygen atoms in total. The maximum Gasteiger partial charge on any atom is 0.248 e. The smallest absolute Gasteiger partial charge is 0.248 e. The summed E-state index contributed by atoms with van der Waals surface area (Å²) in [6.07, 6.45) is 0. The highest BCUT2D eigenvalue weighted by atomic mass is 32.2. The van der Waals surface area contributed by atoms with Crippen molar-refractivity contribution in [2.75, 3.05) is 25.4 Å². The number of nitrogen functional groups attached to an aromatic ring is 1. The Kier molecular flexibility index (Phi) is 3.22. The summed E-state index contributed by atoms with van der Waals surface area (Å²) in [6.45, 7) is -0.0234. The first kappa shape index (κ1) is 12.8. The summed E-state index contributed by atoms with van der Waals surface area (Å²) in [5.74, 6) is -1.33. The molecule has 1 aromatic rings. The highest BCUT2D eigenvalue weighted by Gasteiger charge is 2.32. The van der Waals surface area contributed by atoms with Crippen LogP contribution in [0.2, 0.25) is 0 Å². The van der Waals surface area contributed by atoms with Gasteiger partial charge in [0.1, 0.15) is 10.7 Å². The van der Waals surface area contributed by atoms with Crippen LogP contribution in [0.4, 0.5) is 10.1 Å². The van der Waals surface area contributed by atoms with Crippen LogP contribution < -0.4 is 11.1 Å². The van der Waals surface area contributed by atoms with E-state index in [-0.39, 0.29) is 25.3 Å². The summed E-state index contributed by atoms with van der Waals surface area (Å²) in [7, 11) is -4.08.